The van der Waals surface area contributed by atoms with E-state index in [4.69, 9.17) is 86.1 Å². The number of hydrogen-bond donors (Lipinski definition) is 12. The van der Waals surface area contributed by atoms with Gasteiger partial charge in [-0.05, 0) is 18.2 Å². The van der Waals surface area contributed by atoms with E-state index < -0.39 is 47.4 Å². The molecule has 1 unspecified atom stereocenters. The molecule has 12 N–H and O–H groups in total. The Morgan fingerprint density at radius 1 is 0.523 bits per heavy atom. The third kappa shape index (κ3) is 90.0. The normalized spacial score (nSPS) is 12.7. The molecule has 44 heavy (non-hydrogen) atoms. The van der Waals surface area contributed by atoms with Crippen LogP contribution in [0.4, 0.5) is 25.2 Å². The number of benzene rings is 2. The lowest BCUT2D eigenvalue weighted by molar-refractivity contribution is -0.206. The van der Waals surface area contributed by atoms with Crippen molar-refractivity contribution in [2.75, 3.05) is 12.5 Å². The van der Waals surface area contributed by atoms with Crippen LogP contribution in [0.1, 0.15) is 0 Å². The first-order valence-electron chi connectivity index (χ1n) is 8.97. The fourth-order valence-electron chi connectivity index (χ4n) is 1.61. The fourth-order valence-corrected chi connectivity index (χ4v) is 2.57. The molecule has 0 heterocycles. The van der Waals surface area contributed by atoms with Crippen molar-refractivity contribution >= 4 is 69.1 Å². The van der Waals surface area contributed by atoms with E-state index in [1.165, 1.54) is 10.3 Å². The minimum absolute atomic E-state index is 0.227. The van der Waals surface area contributed by atoms with Crippen LogP contribution < -0.4 is 4.89 Å². The van der Waals surface area contributed by atoms with E-state index in [0.29, 0.717) is 5.75 Å². The predicted octanol–water partition coefficient (Wildman–Crippen LogP) is 2.44. The Labute approximate surface area is 245 Å². The molecule has 2 rings (SSSR count). The largest absolute Gasteiger partial charge is 0.753 e. The van der Waals surface area contributed by atoms with Crippen molar-refractivity contribution in [1.29, 1.82) is 0 Å². The van der Waals surface area contributed by atoms with Crippen molar-refractivity contribution in [3.8, 4) is 5.75 Å². The monoisotopic (exact) mass is 804 g/mol. The van der Waals surface area contributed by atoms with Crippen molar-refractivity contribution in [3.05, 3.63) is 36.4 Å². The molecule has 264 valence electrons. The molecule has 0 aliphatic heterocycles. The van der Waals surface area contributed by atoms with Gasteiger partial charge in [0.15, 0.2) is 4.90 Å². The summed E-state index contributed by atoms with van der Waals surface area (Å²) in [6.07, 6.45) is 4.39. The molecule has 0 aromatic heterocycles. The minimum atomic E-state index is -5.39. The first kappa shape index (κ1) is 52.8. The third-order valence-corrected chi connectivity index (χ3v) is 3.54. The highest BCUT2D eigenvalue weighted by Gasteiger charge is 2.14. The summed E-state index contributed by atoms with van der Waals surface area (Å²) < 4.78 is 114. The Balaban J connectivity index is -0.000000145. The number of phenolic OH excluding ortho intramolecular Hbond substituents is 1. The van der Waals surface area contributed by atoms with E-state index in [-0.39, 0.29) is 10.9 Å². The van der Waals surface area contributed by atoms with Crippen LogP contribution in [0.15, 0.2) is 41.3 Å². The van der Waals surface area contributed by atoms with E-state index >= 15 is 0 Å². The summed E-state index contributed by atoms with van der Waals surface area (Å²) in [5.74, 6) is 0.370. The molecule has 2 aromatic rings. The van der Waals surface area contributed by atoms with Gasteiger partial charge >= 0.3 is 47.4 Å². The number of fused-ring (bicyclic) bond motifs is 1. The zero-order chi connectivity index (χ0) is 37.1. The molecule has 0 saturated heterocycles. The van der Waals surface area contributed by atoms with Crippen molar-refractivity contribution in [3.63, 3.8) is 0 Å². The highest BCUT2D eigenvalue weighted by Crippen LogP contribution is 2.37. The van der Waals surface area contributed by atoms with E-state index in [1.807, 2.05) is 24.3 Å². The molecule has 0 spiro atoms. The van der Waals surface area contributed by atoms with Gasteiger partial charge in [-0.3, -0.25) is 53.5 Å². The van der Waals surface area contributed by atoms with E-state index in [1.54, 1.807) is 6.07 Å². The second-order valence-electron chi connectivity index (χ2n) is 6.26. The molecule has 0 aliphatic rings. The summed E-state index contributed by atoms with van der Waals surface area (Å²) in [6.45, 7) is 0. The van der Waals surface area contributed by atoms with Gasteiger partial charge in [-0.15, -0.1) is 21.0 Å². The van der Waals surface area contributed by atoms with Crippen LogP contribution in [0.5, 0.6) is 5.75 Å². The summed E-state index contributed by atoms with van der Waals surface area (Å²) >= 11 is 0. The third-order valence-electron chi connectivity index (χ3n) is 2.30. The van der Waals surface area contributed by atoms with Crippen LogP contribution in [-0.4, -0.2) is 71.4 Å². The first-order chi connectivity index (χ1) is 18.7. The molecule has 0 bridgehead atoms. The van der Waals surface area contributed by atoms with E-state index in [2.05, 4.69) is 18.6 Å². The lowest BCUT2D eigenvalue weighted by atomic mass is 10.1. The number of hydrogen-bond acceptors (Lipinski definition) is 8. The summed E-state index contributed by atoms with van der Waals surface area (Å²) in [7, 11) is -30.9. The van der Waals surface area contributed by atoms with Gasteiger partial charge in [-0.1, -0.05) is 18.2 Å². The van der Waals surface area contributed by atoms with Crippen LogP contribution in [-0.2, 0) is 38.3 Å². The second-order valence-corrected chi connectivity index (χ2v) is 14.0. The Bertz CT molecular complexity index is 1180. The maximum atomic E-state index is 10.4. The Morgan fingerprint density at radius 3 is 0.932 bits per heavy atom. The summed E-state index contributed by atoms with van der Waals surface area (Å²) in [4.78, 5) is 86.4. The molecule has 0 aliphatic carbocycles. The van der Waals surface area contributed by atoms with Gasteiger partial charge in [-0.2, -0.15) is 4.20 Å². The molecular weight excluding hydrogens is 780 g/mol. The van der Waals surface area contributed by atoms with Crippen molar-refractivity contribution in [2.24, 2.45) is 0 Å². The summed E-state index contributed by atoms with van der Waals surface area (Å²) in [6, 6.07) is 11.8. The zero-order valence-electron chi connectivity index (χ0n) is 21.0. The first-order valence-corrected chi connectivity index (χ1v) is 20.0. The smallest absolute Gasteiger partial charge is 0.507 e. The molecule has 0 saturated carbocycles. The standard InChI is InChI=1S/C12H12OS.6FH2O3P/c1-14(2)12-8-7-11(13)9-5-3-4-6-10(9)12;6*1-5(2,3)4/h3-8H,1-2H3;6*(H2,2,3,4). The van der Waals surface area contributed by atoms with Gasteiger partial charge < -0.3 is 14.9 Å². The Kier molecular flexibility index (Phi) is 27.4. The lowest BCUT2D eigenvalue weighted by Crippen LogP contribution is -1.96. The summed E-state index contributed by atoms with van der Waals surface area (Å²) in [5.41, 5.74) is 0. The van der Waals surface area contributed by atoms with Crippen molar-refractivity contribution < 1.29 is 116 Å². The Hall–Kier alpha value is -0.670. The van der Waals surface area contributed by atoms with Crippen molar-refractivity contribution in [2.45, 2.75) is 4.90 Å². The zero-order valence-corrected chi connectivity index (χ0v) is 27.2. The topological polar surface area (TPSA) is 368 Å². The van der Waals surface area contributed by atoms with Gasteiger partial charge in [0.1, 0.15) is 18.3 Å². The highest BCUT2D eigenvalue weighted by molar-refractivity contribution is 7.95. The number of rotatable bonds is 1. The van der Waals surface area contributed by atoms with Gasteiger partial charge in [-0.25, -0.2) is 22.8 Å². The molecule has 0 radical (unpaired) electrons. The SMILES string of the molecule is C[S+](C)c1ccc(O)c2ccccc12.O=P(O)(O)F.O=P(O)(O)F.O=P(O)(O)F.O=P(O)(O)F.O=P(O)(O)F.O=P([O-])(O)F. The molecule has 0 fully saturated rings. The van der Waals surface area contributed by atoms with Gasteiger partial charge in [0.2, 0.25) is 0 Å². The molecule has 32 heteroatoms. The minimum Gasteiger partial charge on any atom is -0.753 e. The lowest BCUT2D eigenvalue weighted by Gasteiger charge is -2.04. The van der Waals surface area contributed by atoms with Crippen LogP contribution in [0.2, 0.25) is 0 Å². The quantitative estimate of drug-likeness (QED) is 0.112. The highest BCUT2D eigenvalue weighted by atomic mass is 32.2. The average Bonchev–Trinajstić information content (AvgIpc) is 2.60. The maximum absolute atomic E-state index is 10.4. The molecule has 0 amide bonds. The van der Waals surface area contributed by atoms with Crippen LogP contribution >= 0.6 is 47.4 Å². The number of aromatic hydroxyl groups is 1. The predicted molar refractivity (Wildman–Crippen MR) is 140 cm³/mol. The second kappa shape index (κ2) is 22.8. The maximum Gasteiger partial charge on any atom is 0.507 e. The van der Waals surface area contributed by atoms with E-state index in [9.17, 15) is 30.3 Å². The van der Waals surface area contributed by atoms with Gasteiger partial charge in [0, 0.05) is 21.7 Å². The van der Waals surface area contributed by atoms with Gasteiger partial charge in [0.05, 0.1) is 0 Å². The van der Waals surface area contributed by atoms with Crippen LogP contribution in [0.25, 0.3) is 10.8 Å². The molecule has 19 nitrogen and oxygen atoms in total. The van der Waals surface area contributed by atoms with Gasteiger partial charge in [0.25, 0.3) is 0 Å². The molecule has 2 aromatic carbocycles. The van der Waals surface area contributed by atoms with Crippen molar-refractivity contribution in [1.82, 2.24) is 0 Å². The van der Waals surface area contributed by atoms with Crippen LogP contribution in [0.3, 0.4) is 0 Å². The fraction of sp³-hybridized carbons (Fsp3) is 0.167. The van der Waals surface area contributed by atoms with E-state index in [0.717, 1.165) is 5.39 Å². The van der Waals surface area contributed by atoms with Crippen LogP contribution in [0, 0.1) is 0 Å². The Morgan fingerprint density at radius 2 is 0.727 bits per heavy atom. The molecular formula is C12H24F6O19P6S. The average molecular weight is 804 g/mol. The number of phenols is 1. The molecule has 1 atom stereocenters. The number of halogens is 6. The summed E-state index contributed by atoms with van der Waals surface area (Å²) in [5, 5.41) is 11.8.